The van der Waals surface area contributed by atoms with Crippen LogP contribution in [0, 0.1) is 0 Å². The Morgan fingerprint density at radius 2 is 1.62 bits per heavy atom. The van der Waals surface area contributed by atoms with Gasteiger partial charge >= 0.3 is 0 Å². The van der Waals surface area contributed by atoms with Crippen molar-refractivity contribution in [2.75, 3.05) is 0 Å². The van der Waals surface area contributed by atoms with E-state index in [-0.39, 0.29) is 5.54 Å². The quantitative estimate of drug-likeness (QED) is 0.804. The predicted molar refractivity (Wildman–Crippen MR) is 84.3 cm³/mol. The Bertz CT molecular complexity index is 572. The Hall–Kier alpha value is -1.58. The van der Waals surface area contributed by atoms with Crippen molar-refractivity contribution in [2.45, 2.75) is 63.8 Å². The molecule has 0 atom stereocenters. The number of hydrogen-bond acceptors (Lipinski definition) is 2. The molecule has 1 saturated carbocycles. The van der Waals surface area contributed by atoms with Gasteiger partial charge in [0.15, 0.2) is 5.82 Å². The van der Waals surface area contributed by atoms with Crippen LogP contribution in [0.3, 0.4) is 0 Å². The second kappa shape index (κ2) is 5.66. The van der Waals surface area contributed by atoms with Crippen LogP contribution in [-0.2, 0) is 12.6 Å². The first kappa shape index (κ1) is 14.4. The largest absolute Gasteiger partial charge is 0.342 e. The summed E-state index contributed by atoms with van der Waals surface area (Å²) in [7, 11) is 2.13. The molecular formula is C17H26N4. The normalized spacial score (nSPS) is 17.9. The SMILES string of the molecule is Cn1c(C2CCCCCC2)nnc1C(C)(C)n1cccc1. The fourth-order valence-electron chi connectivity index (χ4n) is 3.59. The molecule has 0 amide bonds. The summed E-state index contributed by atoms with van der Waals surface area (Å²) in [6.45, 7) is 4.40. The van der Waals surface area contributed by atoms with Gasteiger partial charge in [-0.3, -0.25) is 0 Å². The highest BCUT2D eigenvalue weighted by Crippen LogP contribution is 2.32. The monoisotopic (exact) mass is 286 g/mol. The van der Waals surface area contributed by atoms with E-state index in [1.165, 1.54) is 44.3 Å². The molecule has 0 bridgehead atoms. The zero-order valence-corrected chi connectivity index (χ0v) is 13.4. The molecule has 3 rings (SSSR count). The molecule has 0 radical (unpaired) electrons. The molecule has 2 aromatic heterocycles. The lowest BCUT2D eigenvalue weighted by atomic mass is 9.99. The summed E-state index contributed by atoms with van der Waals surface area (Å²) < 4.78 is 4.43. The smallest absolute Gasteiger partial charge is 0.158 e. The molecule has 114 valence electrons. The van der Waals surface area contributed by atoms with Gasteiger partial charge in [-0.05, 0) is 38.8 Å². The first-order valence-corrected chi connectivity index (χ1v) is 8.14. The fraction of sp³-hybridized carbons (Fsp3) is 0.647. The summed E-state index contributed by atoms with van der Waals surface area (Å²) in [6, 6.07) is 4.12. The number of aromatic nitrogens is 4. The first-order chi connectivity index (χ1) is 10.1. The lowest BCUT2D eigenvalue weighted by Crippen LogP contribution is -2.30. The van der Waals surface area contributed by atoms with Gasteiger partial charge in [0.25, 0.3) is 0 Å². The topological polar surface area (TPSA) is 35.6 Å². The molecule has 2 heterocycles. The third-order valence-electron chi connectivity index (χ3n) is 4.93. The molecule has 21 heavy (non-hydrogen) atoms. The minimum atomic E-state index is -0.172. The van der Waals surface area contributed by atoms with Crippen molar-refractivity contribution in [3.63, 3.8) is 0 Å². The Morgan fingerprint density at radius 1 is 1.00 bits per heavy atom. The number of nitrogens with zero attached hydrogens (tertiary/aromatic N) is 4. The van der Waals surface area contributed by atoms with Gasteiger partial charge in [0.1, 0.15) is 5.82 Å². The van der Waals surface area contributed by atoms with E-state index >= 15 is 0 Å². The molecule has 2 aromatic rings. The van der Waals surface area contributed by atoms with Crippen molar-refractivity contribution in [3.8, 4) is 0 Å². The van der Waals surface area contributed by atoms with Gasteiger partial charge in [-0.15, -0.1) is 10.2 Å². The van der Waals surface area contributed by atoms with Crippen LogP contribution in [-0.4, -0.2) is 19.3 Å². The fourth-order valence-corrected chi connectivity index (χ4v) is 3.59. The summed E-state index contributed by atoms with van der Waals surface area (Å²) in [6.07, 6.45) is 12.1. The van der Waals surface area contributed by atoms with Gasteiger partial charge in [-0.2, -0.15) is 0 Å². The van der Waals surface area contributed by atoms with Crippen molar-refractivity contribution in [2.24, 2.45) is 7.05 Å². The highest BCUT2D eigenvalue weighted by atomic mass is 15.3. The summed E-state index contributed by atoms with van der Waals surface area (Å²) in [5.74, 6) is 2.80. The van der Waals surface area contributed by atoms with Crippen molar-refractivity contribution >= 4 is 0 Å². The lowest BCUT2D eigenvalue weighted by molar-refractivity contribution is 0.393. The molecule has 0 unspecified atom stereocenters. The van der Waals surface area contributed by atoms with Crippen LogP contribution in [0.2, 0.25) is 0 Å². The third kappa shape index (κ3) is 2.63. The summed E-state index contributed by atoms with van der Waals surface area (Å²) in [4.78, 5) is 0. The van der Waals surface area contributed by atoms with E-state index in [9.17, 15) is 0 Å². The Balaban J connectivity index is 1.91. The van der Waals surface area contributed by atoms with E-state index in [1.54, 1.807) is 0 Å². The lowest BCUT2D eigenvalue weighted by Gasteiger charge is -2.26. The third-order valence-corrected chi connectivity index (χ3v) is 4.93. The summed E-state index contributed by atoms with van der Waals surface area (Å²) in [5.41, 5.74) is -0.172. The molecule has 0 N–H and O–H groups in total. The van der Waals surface area contributed by atoms with Crippen molar-refractivity contribution < 1.29 is 0 Å². The first-order valence-electron chi connectivity index (χ1n) is 8.14. The predicted octanol–water partition coefficient (Wildman–Crippen LogP) is 3.84. The molecule has 0 aliphatic heterocycles. The van der Waals surface area contributed by atoms with Crippen molar-refractivity contribution in [3.05, 3.63) is 36.2 Å². The molecule has 1 fully saturated rings. The second-order valence-corrected chi connectivity index (χ2v) is 6.78. The zero-order chi connectivity index (χ0) is 14.9. The minimum absolute atomic E-state index is 0.172. The van der Waals surface area contributed by atoms with Crippen LogP contribution in [0.5, 0.6) is 0 Å². The molecule has 0 aromatic carbocycles. The maximum atomic E-state index is 4.56. The van der Waals surface area contributed by atoms with E-state index in [0.29, 0.717) is 5.92 Å². The van der Waals surface area contributed by atoms with Crippen LogP contribution in [0.1, 0.15) is 69.9 Å². The molecule has 0 spiro atoms. The number of hydrogen-bond donors (Lipinski definition) is 0. The maximum Gasteiger partial charge on any atom is 0.158 e. The highest BCUT2D eigenvalue weighted by Gasteiger charge is 2.30. The van der Waals surface area contributed by atoms with E-state index in [1.807, 2.05) is 0 Å². The maximum absolute atomic E-state index is 4.56. The molecular weight excluding hydrogens is 260 g/mol. The van der Waals surface area contributed by atoms with Crippen LogP contribution in [0.25, 0.3) is 0 Å². The van der Waals surface area contributed by atoms with Gasteiger partial charge in [0.05, 0.1) is 5.54 Å². The molecule has 1 aliphatic rings. The molecule has 0 saturated heterocycles. The summed E-state index contributed by atoms with van der Waals surface area (Å²) in [5, 5.41) is 9.10. The average Bonchev–Trinajstić information content (AvgIpc) is 3.04. The molecule has 4 heteroatoms. The van der Waals surface area contributed by atoms with E-state index in [0.717, 1.165) is 5.82 Å². The van der Waals surface area contributed by atoms with E-state index in [4.69, 9.17) is 0 Å². The van der Waals surface area contributed by atoms with Gasteiger partial charge in [0, 0.05) is 25.4 Å². The van der Waals surface area contributed by atoms with Gasteiger partial charge in [-0.1, -0.05) is 25.7 Å². The van der Waals surface area contributed by atoms with Crippen LogP contribution < -0.4 is 0 Å². The van der Waals surface area contributed by atoms with Gasteiger partial charge in [0.2, 0.25) is 0 Å². The Kier molecular flexibility index (Phi) is 3.87. The molecule has 4 nitrogen and oxygen atoms in total. The minimum Gasteiger partial charge on any atom is -0.342 e. The zero-order valence-electron chi connectivity index (χ0n) is 13.4. The van der Waals surface area contributed by atoms with Crippen LogP contribution >= 0.6 is 0 Å². The average molecular weight is 286 g/mol. The number of rotatable bonds is 3. The van der Waals surface area contributed by atoms with Crippen molar-refractivity contribution in [1.29, 1.82) is 0 Å². The van der Waals surface area contributed by atoms with Crippen LogP contribution in [0.4, 0.5) is 0 Å². The Morgan fingerprint density at radius 3 is 2.24 bits per heavy atom. The second-order valence-electron chi connectivity index (χ2n) is 6.78. The molecule has 1 aliphatic carbocycles. The van der Waals surface area contributed by atoms with Crippen molar-refractivity contribution in [1.82, 2.24) is 19.3 Å². The van der Waals surface area contributed by atoms with Gasteiger partial charge in [-0.25, -0.2) is 0 Å². The standard InChI is InChI=1S/C17H26N4/c1-17(2,21-12-8-9-13-21)16-19-18-15(20(16)3)14-10-6-4-5-7-11-14/h8-9,12-14H,4-7,10-11H2,1-3H3. The summed E-state index contributed by atoms with van der Waals surface area (Å²) >= 11 is 0. The van der Waals surface area contributed by atoms with E-state index in [2.05, 4.69) is 64.8 Å². The van der Waals surface area contributed by atoms with E-state index < -0.39 is 0 Å². The van der Waals surface area contributed by atoms with Gasteiger partial charge < -0.3 is 9.13 Å². The van der Waals surface area contributed by atoms with Crippen LogP contribution in [0.15, 0.2) is 24.5 Å². The highest BCUT2D eigenvalue weighted by molar-refractivity contribution is 5.13. The Labute approximate surface area is 127 Å².